The predicted octanol–water partition coefficient (Wildman–Crippen LogP) is 8.17. The van der Waals surface area contributed by atoms with Gasteiger partial charge >= 0.3 is 0 Å². The maximum Gasteiger partial charge on any atom is 0.137 e. The predicted molar refractivity (Wildman–Crippen MR) is 109 cm³/mol. The summed E-state index contributed by atoms with van der Waals surface area (Å²) in [4.78, 5) is 0. The summed E-state index contributed by atoms with van der Waals surface area (Å²) in [6, 6.07) is 10.3. The Balaban J connectivity index is 1.61. The molecule has 0 saturated carbocycles. The van der Waals surface area contributed by atoms with E-state index in [-0.39, 0.29) is 11.6 Å². The van der Waals surface area contributed by atoms with E-state index in [1.54, 1.807) is 12.1 Å². The van der Waals surface area contributed by atoms with Crippen molar-refractivity contribution in [1.82, 2.24) is 0 Å². The number of hydrogen-bond acceptors (Lipinski definition) is 0. The first-order valence-corrected chi connectivity index (χ1v) is 9.88. The summed E-state index contributed by atoms with van der Waals surface area (Å²) < 4.78 is 27.7. The monoisotopic (exact) mass is 468 g/mol. The fourth-order valence-electron chi connectivity index (χ4n) is 2.37. The van der Waals surface area contributed by atoms with Gasteiger partial charge in [0.25, 0.3) is 0 Å². The standard InChI is InChI=1S/C21H20Br2F2/c22-18-12-10-16(14-20(18)24)8-6-4-2-1-3-5-7-9-17-11-13-19(23)21(25)15-17/h6-15H,1-5H2/b8-6+,9-7+. The number of hydrogen-bond donors (Lipinski definition) is 0. The zero-order chi connectivity index (χ0) is 18.1. The molecule has 0 aromatic heterocycles. The first-order valence-electron chi connectivity index (χ1n) is 8.29. The van der Waals surface area contributed by atoms with Crippen LogP contribution >= 0.6 is 31.9 Å². The Kier molecular flexibility index (Phi) is 8.56. The highest BCUT2D eigenvalue weighted by Gasteiger charge is 1.98. The molecule has 132 valence electrons. The van der Waals surface area contributed by atoms with Crippen LogP contribution in [0.15, 0.2) is 57.5 Å². The highest BCUT2D eigenvalue weighted by Crippen LogP contribution is 2.18. The molecule has 0 unspecified atom stereocenters. The summed E-state index contributed by atoms with van der Waals surface area (Å²) in [5.74, 6) is -0.473. The van der Waals surface area contributed by atoms with E-state index in [2.05, 4.69) is 44.0 Å². The maximum atomic E-state index is 13.4. The number of unbranched alkanes of at least 4 members (excludes halogenated alkanes) is 4. The smallest absolute Gasteiger partial charge is 0.137 e. The highest BCUT2D eigenvalue weighted by molar-refractivity contribution is 9.10. The van der Waals surface area contributed by atoms with Crippen molar-refractivity contribution in [3.05, 3.63) is 80.3 Å². The number of allylic oxidation sites excluding steroid dienone is 2. The Morgan fingerprint density at radius 1 is 0.680 bits per heavy atom. The van der Waals surface area contributed by atoms with Gasteiger partial charge in [-0.2, -0.15) is 0 Å². The summed E-state index contributed by atoms with van der Waals surface area (Å²) in [5, 5.41) is 0. The second-order valence-electron chi connectivity index (χ2n) is 5.79. The van der Waals surface area contributed by atoms with Crippen molar-refractivity contribution in [2.45, 2.75) is 32.1 Å². The molecule has 25 heavy (non-hydrogen) atoms. The van der Waals surface area contributed by atoms with Crippen molar-refractivity contribution in [1.29, 1.82) is 0 Å². The Hall–Kier alpha value is -1.26. The Morgan fingerprint density at radius 2 is 1.12 bits per heavy atom. The molecule has 0 nitrogen and oxygen atoms in total. The van der Waals surface area contributed by atoms with Crippen molar-refractivity contribution >= 4 is 44.0 Å². The van der Waals surface area contributed by atoms with Crippen LogP contribution in [0.25, 0.3) is 12.2 Å². The number of rotatable bonds is 8. The van der Waals surface area contributed by atoms with Gasteiger partial charge in [0.15, 0.2) is 0 Å². The van der Waals surface area contributed by atoms with Gasteiger partial charge in [0.1, 0.15) is 11.6 Å². The van der Waals surface area contributed by atoms with Gasteiger partial charge in [0.05, 0.1) is 8.95 Å². The fourth-order valence-corrected chi connectivity index (χ4v) is 2.87. The lowest BCUT2D eigenvalue weighted by atomic mass is 10.1. The van der Waals surface area contributed by atoms with Gasteiger partial charge in [-0.05, 0) is 92.9 Å². The Morgan fingerprint density at radius 3 is 1.52 bits per heavy atom. The maximum absolute atomic E-state index is 13.4. The second kappa shape index (κ2) is 10.7. The second-order valence-corrected chi connectivity index (χ2v) is 7.50. The van der Waals surface area contributed by atoms with E-state index in [4.69, 9.17) is 0 Å². The third-order valence-corrected chi connectivity index (χ3v) is 5.04. The van der Waals surface area contributed by atoms with Crippen LogP contribution in [-0.2, 0) is 0 Å². The first-order chi connectivity index (χ1) is 12.1. The van der Waals surface area contributed by atoms with Gasteiger partial charge in [-0.1, -0.05) is 42.9 Å². The summed E-state index contributed by atoms with van der Waals surface area (Å²) in [7, 11) is 0. The zero-order valence-electron chi connectivity index (χ0n) is 13.8. The lowest BCUT2D eigenvalue weighted by Gasteiger charge is -1.98. The summed E-state index contributed by atoms with van der Waals surface area (Å²) >= 11 is 6.30. The molecule has 2 aromatic carbocycles. The van der Waals surface area contributed by atoms with Crippen LogP contribution in [0.5, 0.6) is 0 Å². The van der Waals surface area contributed by atoms with Crippen LogP contribution in [0, 0.1) is 11.6 Å². The SMILES string of the molecule is Fc1cc(/C=C/CCCCC/C=C/c2ccc(Br)c(F)c2)ccc1Br. The van der Waals surface area contributed by atoms with Gasteiger partial charge in [0, 0.05) is 0 Å². The molecule has 0 aliphatic carbocycles. The van der Waals surface area contributed by atoms with Gasteiger partial charge < -0.3 is 0 Å². The van der Waals surface area contributed by atoms with E-state index in [1.165, 1.54) is 12.1 Å². The van der Waals surface area contributed by atoms with Crippen LogP contribution in [-0.4, -0.2) is 0 Å². The summed E-state index contributed by atoms with van der Waals surface area (Å²) in [5.41, 5.74) is 1.76. The molecule has 0 aliphatic heterocycles. The van der Waals surface area contributed by atoms with E-state index in [0.29, 0.717) is 8.95 Å². The average Bonchev–Trinajstić information content (AvgIpc) is 2.59. The van der Waals surface area contributed by atoms with Crippen molar-refractivity contribution in [2.24, 2.45) is 0 Å². The van der Waals surface area contributed by atoms with Crippen LogP contribution in [0.3, 0.4) is 0 Å². The molecule has 0 spiro atoms. The molecule has 0 N–H and O–H groups in total. The molecular formula is C21H20Br2F2. The molecule has 0 amide bonds. The van der Waals surface area contributed by atoms with Crippen LogP contribution in [0.2, 0.25) is 0 Å². The zero-order valence-corrected chi connectivity index (χ0v) is 17.0. The van der Waals surface area contributed by atoms with Crippen molar-refractivity contribution < 1.29 is 8.78 Å². The third-order valence-electron chi connectivity index (χ3n) is 3.75. The topological polar surface area (TPSA) is 0 Å². The molecule has 0 heterocycles. The molecule has 0 fully saturated rings. The minimum atomic E-state index is -0.236. The number of benzene rings is 2. The van der Waals surface area contributed by atoms with Crippen LogP contribution in [0.1, 0.15) is 43.2 Å². The largest absolute Gasteiger partial charge is 0.206 e. The van der Waals surface area contributed by atoms with Crippen molar-refractivity contribution in [3.63, 3.8) is 0 Å². The molecule has 0 bridgehead atoms. The van der Waals surface area contributed by atoms with Gasteiger partial charge in [-0.25, -0.2) is 8.78 Å². The fraction of sp³-hybridized carbons (Fsp3) is 0.238. The number of halogens is 4. The molecule has 2 rings (SSSR count). The van der Waals surface area contributed by atoms with Crippen LogP contribution < -0.4 is 0 Å². The quantitative estimate of drug-likeness (QED) is 0.342. The minimum absolute atomic E-state index is 0.236. The molecule has 4 heteroatoms. The van der Waals surface area contributed by atoms with Gasteiger partial charge in [-0.15, -0.1) is 0 Å². The summed E-state index contributed by atoms with van der Waals surface area (Å²) in [6.07, 6.45) is 13.4. The molecule has 0 saturated heterocycles. The lowest BCUT2D eigenvalue weighted by molar-refractivity contribution is 0.620. The van der Waals surface area contributed by atoms with E-state index in [0.717, 1.165) is 43.2 Å². The molecule has 0 atom stereocenters. The van der Waals surface area contributed by atoms with Gasteiger partial charge in [-0.3, -0.25) is 0 Å². The summed E-state index contributed by atoms with van der Waals surface area (Å²) in [6.45, 7) is 0. The Labute approximate surface area is 164 Å². The van der Waals surface area contributed by atoms with E-state index in [9.17, 15) is 8.78 Å². The normalized spacial score (nSPS) is 11.7. The molecule has 0 radical (unpaired) electrons. The van der Waals surface area contributed by atoms with Crippen molar-refractivity contribution in [3.8, 4) is 0 Å². The van der Waals surface area contributed by atoms with E-state index in [1.807, 2.05) is 24.3 Å². The molecular weight excluding hydrogens is 450 g/mol. The lowest BCUT2D eigenvalue weighted by Crippen LogP contribution is -1.80. The van der Waals surface area contributed by atoms with Gasteiger partial charge in [0.2, 0.25) is 0 Å². The first kappa shape index (κ1) is 20.1. The third kappa shape index (κ3) is 7.25. The minimum Gasteiger partial charge on any atom is -0.206 e. The van der Waals surface area contributed by atoms with E-state index < -0.39 is 0 Å². The average molecular weight is 470 g/mol. The van der Waals surface area contributed by atoms with E-state index >= 15 is 0 Å². The Bertz CT molecular complexity index is 688. The van der Waals surface area contributed by atoms with Crippen molar-refractivity contribution in [2.75, 3.05) is 0 Å². The molecule has 2 aromatic rings. The highest BCUT2D eigenvalue weighted by atomic mass is 79.9. The molecule has 0 aliphatic rings. The van der Waals surface area contributed by atoms with Crippen LogP contribution in [0.4, 0.5) is 8.78 Å².